The van der Waals surface area contributed by atoms with Gasteiger partial charge in [-0.2, -0.15) is 0 Å². The van der Waals surface area contributed by atoms with Gasteiger partial charge in [0.15, 0.2) is 0 Å². The molecule has 0 heterocycles. The third-order valence-electron chi connectivity index (χ3n) is 2.88. The van der Waals surface area contributed by atoms with Gasteiger partial charge >= 0.3 is 0 Å². The Hall–Kier alpha value is -1.02. The molecule has 13 heavy (non-hydrogen) atoms. The van der Waals surface area contributed by atoms with Crippen LogP contribution in [0.25, 0.3) is 0 Å². The predicted molar refractivity (Wildman–Crippen MR) is 55.4 cm³/mol. The van der Waals surface area contributed by atoms with Crippen molar-refractivity contribution >= 4 is 5.69 Å². The summed E-state index contributed by atoms with van der Waals surface area (Å²) < 4.78 is 0. The van der Waals surface area contributed by atoms with Gasteiger partial charge in [0, 0.05) is 11.7 Å². The largest absolute Gasteiger partial charge is 0.399 e. The molecule has 0 spiro atoms. The van der Waals surface area contributed by atoms with Crippen molar-refractivity contribution < 1.29 is 0 Å². The SMILES string of the molecule is Nc1ccc([C@@H]2CC[C@@H](N)C2)cc1. The number of nitrogens with two attached hydrogens (primary N) is 2. The van der Waals surface area contributed by atoms with E-state index in [1.54, 1.807) is 0 Å². The first-order valence-electron chi connectivity index (χ1n) is 4.87. The molecule has 0 radical (unpaired) electrons. The molecule has 0 bridgehead atoms. The second-order valence-corrected chi connectivity index (χ2v) is 3.94. The minimum Gasteiger partial charge on any atom is -0.399 e. The number of anilines is 1. The Morgan fingerprint density at radius 3 is 2.31 bits per heavy atom. The first kappa shape index (κ1) is 8.57. The van der Waals surface area contributed by atoms with Gasteiger partial charge in [0.1, 0.15) is 0 Å². The Morgan fingerprint density at radius 1 is 1.08 bits per heavy atom. The number of nitrogen functional groups attached to an aromatic ring is 1. The molecular weight excluding hydrogens is 160 g/mol. The normalized spacial score (nSPS) is 27.8. The van der Waals surface area contributed by atoms with E-state index in [0.717, 1.165) is 18.5 Å². The van der Waals surface area contributed by atoms with Crippen molar-refractivity contribution in [3.63, 3.8) is 0 Å². The van der Waals surface area contributed by atoms with E-state index in [0.29, 0.717) is 12.0 Å². The van der Waals surface area contributed by atoms with Gasteiger partial charge in [0.2, 0.25) is 0 Å². The van der Waals surface area contributed by atoms with Gasteiger partial charge in [-0.25, -0.2) is 0 Å². The summed E-state index contributed by atoms with van der Waals surface area (Å²) >= 11 is 0. The molecular formula is C11H16N2. The van der Waals surface area contributed by atoms with Crippen molar-refractivity contribution in [2.24, 2.45) is 5.73 Å². The van der Waals surface area contributed by atoms with Gasteiger partial charge in [0.25, 0.3) is 0 Å². The molecule has 2 heteroatoms. The summed E-state index contributed by atoms with van der Waals surface area (Å²) in [5.74, 6) is 0.663. The van der Waals surface area contributed by atoms with Crippen molar-refractivity contribution in [1.82, 2.24) is 0 Å². The van der Waals surface area contributed by atoms with Gasteiger partial charge < -0.3 is 11.5 Å². The first-order valence-corrected chi connectivity index (χ1v) is 4.87. The molecule has 2 atom stereocenters. The lowest BCUT2D eigenvalue weighted by atomic mass is 9.97. The zero-order valence-corrected chi connectivity index (χ0v) is 7.74. The van der Waals surface area contributed by atoms with Crippen LogP contribution < -0.4 is 11.5 Å². The van der Waals surface area contributed by atoms with E-state index < -0.39 is 0 Å². The van der Waals surface area contributed by atoms with E-state index in [1.165, 1.54) is 12.0 Å². The van der Waals surface area contributed by atoms with Crippen molar-refractivity contribution in [2.75, 3.05) is 5.73 Å². The summed E-state index contributed by atoms with van der Waals surface area (Å²) in [6.07, 6.45) is 3.52. The third-order valence-corrected chi connectivity index (χ3v) is 2.88. The van der Waals surface area contributed by atoms with Crippen LogP contribution in [0.2, 0.25) is 0 Å². The molecule has 0 aliphatic heterocycles. The van der Waals surface area contributed by atoms with Crippen LogP contribution in [0, 0.1) is 0 Å². The highest BCUT2D eigenvalue weighted by molar-refractivity contribution is 5.40. The standard InChI is InChI=1S/C11H16N2/c12-10-4-1-8(2-5-10)9-3-6-11(13)7-9/h1-2,4-5,9,11H,3,6-7,12-13H2/t9-,11-/m1/s1. The van der Waals surface area contributed by atoms with E-state index in [1.807, 2.05) is 12.1 Å². The minimum atomic E-state index is 0.405. The topological polar surface area (TPSA) is 52.0 Å². The molecule has 1 fully saturated rings. The number of rotatable bonds is 1. The van der Waals surface area contributed by atoms with Crippen LogP contribution in [-0.4, -0.2) is 6.04 Å². The number of hydrogen-bond donors (Lipinski definition) is 2. The second-order valence-electron chi connectivity index (χ2n) is 3.94. The minimum absolute atomic E-state index is 0.405. The zero-order valence-electron chi connectivity index (χ0n) is 7.74. The van der Waals surface area contributed by atoms with E-state index >= 15 is 0 Å². The Kier molecular flexibility index (Phi) is 2.23. The van der Waals surface area contributed by atoms with Crippen molar-refractivity contribution in [3.8, 4) is 0 Å². The maximum absolute atomic E-state index is 5.87. The van der Waals surface area contributed by atoms with Crippen LogP contribution in [0.5, 0.6) is 0 Å². The highest BCUT2D eigenvalue weighted by atomic mass is 14.6. The lowest BCUT2D eigenvalue weighted by molar-refractivity contribution is 0.675. The smallest absolute Gasteiger partial charge is 0.0314 e. The highest BCUT2D eigenvalue weighted by Gasteiger charge is 2.22. The predicted octanol–water partition coefficient (Wildman–Crippen LogP) is 1.86. The molecule has 1 aliphatic rings. The van der Waals surface area contributed by atoms with E-state index in [4.69, 9.17) is 11.5 Å². The van der Waals surface area contributed by atoms with Crippen LogP contribution in [0.15, 0.2) is 24.3 Å². The molecule has 1 aromatic rings. The van der Waals surface area contributed by atoms with Gasteiger partial charge in [-0.1, -0.05) is 12.1 Å². The number of benzene rings is 1. The first-order chi connectivity index (χ1) is 6.25. The summed E-state index contributed by atoms with van der Waals surface area (Å²) in [6, 6.07) is 8.59. The fourth-order valence-corrected chi connectivity index (χ4v) is 2.09. The van der Waals surface area contributed by atoms with Crippen LogP contribution in [-0.2, 0) is 0 Å². The Labute approximate surface area is 78.9 Å². The third kappa shape index (κ3) is 1.83. The van der Waals surface area contributed by atoms with E-state index in [9.17, 15) is 0 Å². The van der Waals surface area contributed by atoms with Gasteiger partial charge in [-0.05, 0) is 42.9 Å². The maximum Gasteiger partial charge on any atom is 0.0314 e. The van der Waals surface area contributed by atoms with Crippen LogP contribution in [0.1, 0.15) is 30.7 Å². The van der Waals surface area contributed by atoms with Crippen molar-refractivity contribution in [1.29, 1.82) is 0 Å². The van der Waals surface area contributed by atoms with E-state index in [2.05, 4.69) is 12.1 Å². The molecule has 0 amide bonds. The lowest BCUT2D eigenvalue weighted by Gasteiger charge is -2.09. The summed E-state index contributed by atoms with van der Waals surface area (Å²) in [5.41, 5.74) is 13.7. The van der Waals surface area contributed by atoms with Crippen molar-refractivity contribution in [2.45, 2.75) is 31.2 Å². The zero-order chi connectivity index (χ0) is 9.26. The molecule has 2 nitrogen and oxygen atoms in total. The molecule has 1 aliphatic carbocycles. The average Bonchev–Trinajstić information content (AvgIpc) is 2.53. The van der Waals surface area contributed by atoms with Crippen molar-refractivity contribution in [3.05, 3.63) is 29.8 Å². The summed E-state index contributed by atoms with van der Waals surface area (Å²) in [7, 11) is 0. The van der Waals surface area contributed by atoms with Crippen LogP contribution in [0.3, 0.4) is 0 Å². The fraction of sp³-hybridized carbons (Fsp3) is 0.455. The quantitative estimate of drug-likeness (QED) is 0.642. The Balaban J connectivity index is 2.13. The van der Waals surface area contributed by atoms with Crippen LogP contribution in [0.4, 0.5) is 5.69 Å². The summed E-state index contributed by atoms with van der Waals surface area (Å²) in [6.45, 7) is 0. The Bertz CT molecular complexity index is 279. The summed E-state index contributed by atoms with van der Waals surface area (Å²) in [5, 5.41) is 0. The lowest BCUT2D eigenvalue weighted by Crippen LogP contribution is -2.14. The van der Waals surface area contributed by atoms with E-state index in [-0.39, 0.29) is 0 Å². The second kappa shape index (κ2) is 3.38. The molecule has 70 valence electrons. The van der Waals surface area contributed by atoms with Gasteiger partial charge in [-0.3, -0.25) is 0 Å². The Morgan fingerprint density at radius 2 is 1.77 bits per heavy atom. The highest BCUT2D eigenvalue weighted by Crippen LogP contribution is 2.33. The monoisotopic (exact) mass is 176 g/mol. The fourth-order valence-electron chi connectivity index (χ4n) is 2.09. The van der Waals surface area contributed by atoms with Gasteiger partial charge in [-0.15, -0.1) is 0 Å². The molecule has 2 rings (SSSR count). The molecule has 1 aromatic carbocycles. The number of hydrogen-bond acceptors (Lipinski definition) is 2. The molecule has 0 aromatic heterocycles. The maximum atomic E-state index is 5.87. The van der Waals surface area contributed by atoms with Crippen LogP contribution >= 0.6 is 0 Å². The molecule has 0 saturated heterocycles. The molecule has 4 N–H and O–H groups in total. The summed E-state index contributed by atoms with van der Waals surface area (Å²) in [4.78, 5) is 0. The average molecular weight is 176 g/mol. The molecule has 0 unspecified atom stereocenters. The molecule has 1 saturated carbocycles. The van der Waals surface area contributed by atoms with Gasteiger partial charge in [0.05, 0.1) is 0 Å².